The fraction of sp³-hybridized carbons (Fsp3) is 0.833. The third kappa shape index (κ3) is 4.63. The monoisotopic (exact) mass is 242 g/mol. The van der Waals surface area contributed by atoms with Crippen LogP contribution in [0.15, 0.2) is 0 Å². The molecule has 0 aromatic carbocycles. The molecule has 0 radical (unpaired) electrons. The van der Waals surface area contributed by atoms with Crippen molar-refractivity contribution in [2.24, 2.45) is 17.1 Å². The Balaban J connectivity index is 2.44. The van der Waals surface area contributed by atoms with Crippen molar-refractivity contribution in [1.29, 1.82) is 0 Å². The lowest BCUT2D eigenvalue weighted by atomic mass is 9.97. The van der Waals surface area contributed by atoms with Crippen molar-refractivity contribution < 1.29 is 14.3 Å². The first kappa shape index (κ1) is 13.8. The third-order valence-corrected chi connectivity index (χ3v) is 2.71. The molecule has 5 heteroatoms. The number of piperidine rings is 1. The minimum Gasteiger partial charge on any atom is -0.465 e. The van der Waals surface area contributed by atoms with Gasteiger partial charge in [0.1, 0.15) is 0 Å². The van der Waals surface area contributed by atoms with Crippen molar-refractivity contribution in [2.45, 2.75) is 33.6 Å². The van der Waals surface area contributed by atoms with Crippen molar-refractivity contribution >= 4 is 12.0 Å². The second kappa shape index (κ2) is 5.38. The lowest BCUT2D eigenvalue weighted by Gasteiger charge is -2.30. The number of nitrogens with two attached hydrogens (primary N) is 1. The van der Waals surface area contributed by atoms with Gasteiger partial charge in [0, 0.05) is 13.1 Å². The Morgan fingerprint density at radius 1 is 1.41 bits per heavy atom. The van der Waals surface area contributed by atoms with Crippen LogP contribution in [0.3, 0.4) is 0 Å². The number of amides is 2. The average molecular weight is 242 g/mol. The molecular weight excluding hydrogens is 220 g/mol. The Morgan fingerprint density at radius 3 is 2.59 bits per heavy atom. The first-order valence-corrected chi connectivity index (χ1v) is 6.00. The van der Waals surface area contributed by atoms with Crippen molar-refractivity contribution in [3.63, 3.8) is 0 Å². The molecule has 0 aromatic rings. The summed E-state index contributed by atoms with van der Waals surface area (Å²) in [5, 5.41) is 0. The second-order valence-electron chi connectivity index (χ2n) is 5.79. The van der Waals surface area contributed by atoms with E-state index in [0.29, 0.717) is 19.7 Å². The van der Waals surface area contributed by atoms with Crippen LogP contribution in [0.2, 0.25) is 0 Å². The van der Waals surface area contributed by atoms with Gasteiger partial charge in [-0.25, -0.2) is 4.79 Å². The highest BCUT2D eigenvalue weighted by atomic mass is 16.5. The van der Waals surface area contributed by atoms with E-state index >= 15 is 0 Å². The normalized spacial score (nSPS) is 21.1. The van der Waals surface area contributed by atoms with E-state index in [1.165, 1.54) is 4.90 Å². The fourth-order valence-electron chi connectivity index (χ4n) is 1.78. The van der Waals surface area contributed by atoms with Crippen LogP contribution < -0.4 is 5.73 Å². The Morgan fingerprint density at radius 2 is 2.06 bits per heavy atom. The zero-order chi connectivity index (χ0) is 13.1. The van der Waals surface area contributed by atoms with Crippen molar-refractivity contribution in [2.75, 3.05) is 19.7 Å². The lowest BCUT2D eigenvalue weighted by molar-refractivity contribution is -0.152. The van der Waals surface area contributed by atoms with Gasteiger partial charge in [-0.15, -0.1) is 0 Å². The van der Waals surface area contributed by atoms with Crippen LogP contribution in [0.5, 0.6) is 0 Å². The summed E-state index contributed by atoms with van der Waals surface area (Å²) in [6.45, 7) is 7.46. The first-order valence-electron chi connectivity index (χ1n) is 6.00. The fourth-order valence-corrected chi connectivity index (χ4v) is 1.78. The highest BCUT2D eigenvalue weighted by Crippen LogP contribution is 2.20. The zero-order valence-corrected chi connectivity index (χ0v) is 10.9. The molecule has 1 heterocycles. The van der Waals surface area contributed by atoms with Gasteiger partial charge in [0.25, 0.3) is 0 Å². The average Bonchev–Trinajstić information content (AvgIpc) is 2.25. The van der Waals surface area contributed by atoms with Gasteiger partial charge in [0.05, 0.1) is 12.5 Å². The van der Waals surface area contributed by atoms with Crippen LogP contribution in [0.1, 0.15) is 33.6 Å². The summed E-state index contributed by atoms with van der Waals surface area (Å²) in [7, 11) is 0. The predicted octanol–water partition coefficient (Wildman–Crippen LogP) is 1.37. The smallest absolute Gasteiger partial charge is 0.314 e. The molecule has 0 aliphatic carbocycles. The minimum absolute atomic E-state index is 0.0340. The van der Waals surface area contributed by atoms with E-state index in [1.807, 2.05) is 20.8 Å². The number of carbonyl (C=O) groups excluding carboxylic acids is 2. The number of ether oxygens (including phenoxy) is 1. The maximum absolute atomic E-state index is 11.8. The van der Waals surface area contributed by atoms with E-state index in [4.69, 9.17) is 10.5 Å². The molecule has 1 unspecified atom stereocenters. The van der Waals surface area contributed by atoms with Crippen LogP contribution in [-0.4, -0.2) is 36.6 Å². The molecule has 2 N–H and O–H groups in total. The Bertz CT molecular complexity index is 297. The molecule has 2 amide bonds. The van der Waals surface area contributed by atoms with Crippen LogP contribution in [0.4, 0.5) is 4.79 Å². The van der Waals surface area contributed by atoms with Gasteiger partial charge in [-0.3, -0.25) is 4.79 Å². The third-order valence-electron chi connectivity index (χ3n) is 2.71. The molecule has 0 saturated carbocycles. The van der Waals surface area contributed by atoms with Gasteiger partial charge in [0.2, 0.25) is 0 Å². The number of carbonyl (C=O) groups is 2. The number of hydrogen-bond acceptors (Lipinski definition) is 3. The maximum Gasteiger partial charge on any atom is 0.314 e. The summed E-state index contributed by atoms with van der Waals surface area (Å²) in [6, 6.07) is -0.460. The van der Waals surface area contributed by atoms with Crippen molar-refractivity contribution in [3.05, 3.63) is 0 Å². The molecule has 0 bridgehead atoms. The summed E-state index contributed by atoms with van der Waals surface area (Å²) < 4.78 is 5.26. The van der Waals surface area contributed by atoms with Crippen molar-refractivity contribution in [3.8, 4) is 0 Å². The molecule has 0 aromatic heterocycles. The van der Waals surface area contributed by atoms with Gasteiger partial charge >= 0.3 is 12.0 Å². The van der Waals surface area contributed by atoms with E-state index in [-0.39, 0.29) is 17.3 Å². The Labute approximate surface area is 102 Å². The molecule has 1 aliphatic rings. The summed E-state index contributed by atoms with van der Waals surface area (Å²) in [4.78, 5) is 24.4. The minimum atomic E-state index is -0.460. The number of hydrogen-bond donors (Lipinski definition) is 1. The van der Waals surface area contributed by atoms with Gasteiger partial charge in [0.15, 0.2) is 0 Å². The molecule has 98 valence electrons. The van der Waals surface area contributed by atoms with E-state index in [1.54, 1.807) is 0 Å². The molecular formula is C12H22N2O3. The molecule has 1 atom stereocenters. The van der Waals surface area contributed by atoms with Crippen LogP contribution in [0.25, 0.3) is 0 Å². The second-order valence-corrected chi connectivity index (χ2v) is 5.79. The molecule has 1 rings (SSSR count). The first-order chi connectivity index (χ1) is 7.79. The quantitative estimate of drug-likeness (QED) is 0.743. The summed E-state index contributed by atoms with van der Waals surface area (Å²) in [5.41, 5.74) is 5.17. The molecule has 1 aliphatic heterocycles. The lowest BCUT2D eigenvalue weighted by Crippen LogP contribution is -2.45. The van der Waals surface area contributed by atoms with E-state index in [2.05, 4.69) is 0 Å². The van der Waals surface area contributed by atoms with Crippen LogP contribution in [0, 0.1) is 11.3 Å². The number of esters is 1. The van der Waals surface area contributed by atoms with Gasteiger partial charge in [-0.05, 0) is 18.3 Å². The largest absolute Gasteiger partial charge is 0.465 e. The Hall–Kier alpha value is -1.26. The molecule has 5 nitrogen and oxygen atoms in total. The molecule has 1 saturated heterocycles. The molecule has 0 spiro atoms. The van der Waals surface area contributed by atoms with E-state index in [9.17, 15) is 9.59 Å². The van der Waals surface area contributed by atoms with E-state index < -0.39 is 6.03 Å². The van der Waals surface area contributed by atoms with Gasteiger partial charge in [-0.1, -0.05) is 20.8 Å². The maximum atomic E-state index is 11.8. The highest BCUT2D eigenvalue weighted by Gasteiger charge is 2.29. The molecule has 17 heavy (non-hydrogen) atoms. The van der Waals surface area contributed by atoms with Crippen LogP contribution in [-0.2, 0) is 9.53 Å². The molecule has 1 fully saturated rings. The standard InChI is InChI=1S/C12H22N2O3/c1-12(2,3)8-17-10(15)9-5-4-6-14(7-9)11(13)16/h9H,4-8H2,1-3H3,(H2,13,16). The number of urea groups is 1. The van der Waals surface area contributed by atoms with E-state index in [0.717, 1.165) is 12.8 Å². The summed E-state index contributed by atoms with van der Waals surface area (Å²) >= 11 is 0. The topological polar surface area (TPSA) is 72.6 Å². The predicted molar refractivity (Wildman–Crippen MR) is 64.3 cm³/mol. The number of primary amides is 1. The zero-order valence-electron chi connectivity index (χ0n) is 10.9. The summed E-state index contributed by atoms with van der Waals surface area (Å²) in [6.07, 6.45) is 1.57. The number of likely N-dealkylation sites (tertiary alicyclic amines) is 1. The van der Waals surface area contributed by atoms with Gasteiger partial charge in [-0.2, -0.15) is 0 Å². The highest BCUT2D eigenvalue weighted by molar-refractivity contribution is 5.76. The number of rotatable bonds is 2. The van der Waals surface area contributed by atoms with Crippen molar-refractivity contribution in [1.82, 2.24) is 4.90 Å². The number of nitrogens with zero attached hydrogens (tertiary/aromatic N) is 1. The summed E-state index contributed by atoms with van der Waals surface area (Å²) in [5.74, 6) is -0.440. The SMILES string of the molecule is CC(C)(C)COC(=O)C1CCCN(C(N)=O)C1. The Kier molecular flexibility index (Phi) is 4.37. The van der Waals surface area contributed by atoms with Crippen LogP contribution >= 0.6 is 0 Å². The van der Waals surface area contributed by atoms with Gasteiger partial charge < -0.3 is 15.4 Å².